The van der Waals surface area contributed by atoms with Gasteiger partial charge in [-0.1, -0.05) is 39.3 Å². The molecule has 1 nitrogen and oxygen atoms in total. The molecule has 108 valence electrons. The van der Waals surface area contributed by atoms with E-state index in [1.165, 1.54) is 24.8 Å². The van der Waals surface area contributed by atoms with E-state index in [0.29, 0.717) is 0 Å². The average molecular weight is 280 g/mol. The highest BCUT2D eigenvalue weighted by molar-refractivity contribution is 7.80. The molecule has 1 rings (SSSR count). The molecule has 0 fully saturated rings. The maximum Gasteiger partial charge on any atom is 0.119 e. The van der Waals surface area contributed by atoms with Gasteiger partial charge in [0.15, 0.2) is 0 Å². The molecular formula is C17H28OS. The van der Waals surface area contributed by atoms with Crippen molar-refractivity contribution in [1.82, 2.24) is 0 Å². The number of aryl methyl sites for hydroxylation is 1. The molecule has 0 saturated heterocycles. The van der Waals surface area contributed by atoms with E-state index in [2.05, 4.69) is 57.7 Å². The molecule has 0 aliphatic carbocycles. The van der Waals surface area contributed by atoms with E-state index in [1.54, 1.807) is 0 Å². The van der Waals surface area contributed by atoms with E-state index in [-0.39, 0.29) is 5.41 Å². The summed E-state index contributed by atoms with van der Waals surface area (Å²) in [7, 11) is 0. The molecule has 2 heteroatoms. The van der Waals surface area contributed by atoms with E-state index in [4.69, 9.17) is 4.74 Å². The van der Waals surface area contributed by atoms with Gasteiger partial charge in [0.2, 0.25) is 0 Å². The van der Waals surface area contributed by atoms with Crippen LogP contribution in [0.3, 0.4) is 0 Å². The van der Waals surface area contributed by atoms with Gasteiger partial charge in [0.05, 0.1) is 6.61 Å². The quantitative estimate of drug-likeness (QED) is 0.616. The van der Waals surface area contributed by atoms with Gasteiger partial charge in [0, 0.05) is 5.41 Å². The second-order valence-corrected chi connectivity index (χ2v) is 5.72. The Labute approximate surface area is 124 Å². The fraction of sp³-hybridized carbons (Fsp3) is 0.647. The molecule has 0 spiro atoms. The number of benzene rings is 1. The zero-order chi connectivity index (χ0) is 14.1. The number of ether oxygens (including phenoxy) is 1. The largest absolute Gasteiger partial charge is 0.493 e. The fourth-order valence-electron chi connectivity index (χ4n) is 2.09. The van der Waals surface area contributed by atoms with Crippen LogP contribution in [0.2, 0.25) is 0 Å². The van der Waals surface area contributed by atoms with Gasteiger partial charge in [0.1, 0.15) is 5.75 Å². The molecule has 0 heterocycles. The average Bonchev–Trinajstić information content (AvgIpc) is 2.48. The van der Waals surface area contributed by atoms with Gasteiger partial charge in [-0.25, -0.2) is 0 Å². The van der Waals surface area contributed by atoms with Crippen LogP contribution in [0.4, 0.5) is 0 Å². The maximum absolute atomic E-state index is 5.95. The molecule has 0 aromatic heterocycles. The van der Waals surface area contributed by atoms with Crippen molar-refractivity contribution in [2.45, 2.75) is 52.9 Å². The van der Waals surface area contributed by atoms with Gasteiger partial charge in [-0.3, -0.25) is 0 Å². The Balaban J connectivity index is 2.53. The molecule has 19 heavy (non-hydrogen) atoms. The molecule has 0 aliphatic heterocycles. The summed E-state index contributed by atoms with van der Waals surface area (Å²) >= 11 is 4.48. The summed E-state index contributed by atoms with van der Waals surface area (Å²) in [5, 5.41) is 0. The molecule has 1 aromatic carbocycles. The van der Waals surface area contributed by atoms with Crippen molar-refractivity contribution < 1.29 is 4.74 Å². The molecule has 0 unspecified atom stereocenters. The van der Waals surface area contributed by atoms with Gasteiger partial charge in [-0.05, 0) is 49.1 Å². The van der Waals surface area contributed by atoms with E-state index >= 15 is 0 Å². The van der Waals surface area contributed by atoms with Crippen LogP contribution in [0, 0.1) is 5.41 Å². The molecular weight excluding hydrogens is 252 g/mol. The van der Waals surface area contributed by atoms with Crippen LogP contribution >= 0.6 is 12.6 Å². The topological polar surface area (TPSA) is 9.23 Å². The smallest absolute Gasteiger partial charge is 0.119 e. The van der Waals surface area contributed by atoms with Crippen molar-refractivity contribution >= 4 is 12.6 Å². The van der Waals surface area contributed by atoms with Crippen molar-refractivity contribution in [2.24, 2.45) is 5.41 Å². The Bertz CT molecular complexity index is 333. The normalized spacial score (nSPS) is 11.6. The summed E-state index contributed by atoms with van der Waals surface area (Å²) in [6.45, 7) is 7.43. The summed E-state index contributed by atoms with van der Waals surface area (Å²) in [6, 6.07) is 8.57. The minimum absolute atomic E-state index is 0.212. The lowest BCUT2D eigenvalue weighted by atomic mass is 9.85. The number of thiol groups is 1. The van der Waals surface area contributed by atoms with Gasteiger partial charge >= 0.3 is 0 Å². The van der Waals surface area contributed by atoms with Crippen LogP contribution in [0.15, 0.2) is 24.3 Å². The number of unbranched alkanes of at least 4 members (excludes halogenated alkanes) is 1. The van der Waals surface area contributed by atoms with Crippen molar-refractivity contribution in [3.05, 3.63) is 29.8 Å². The van der Waals surface area contributed by atoms with Gasteiger partial charge < -0.3 is 4.74 Å². The first-order valence-electron chi connectivity index (χ1n) is 7.52. The number of hydrogen-bond donors (Lipinski definition) is 1. The lowest BCUT2D eigenvalue weighted by molar-refractivity contribution is 0.157. The minimum atomic E-state index is 0.212. The zero-order valence-corrected chi connectivity index (χ0v) is 13.5. The second kappa shape index (κ2) is 8.52. The van der Waals surface area contributed by atoms with E-state index < -0.39 is 0 Å². The van der Waals surface area contributed by atoms with Crippen molar-refractivity contribution in [2.75, 3.05) is 12.4 Å². The van der Waals surface area contributed by atoms with Gasteiger partial charge in [0.25, 0.3) is 0 Å². The van der Waals surface area contributed by atoms with E-state index in [9.17, 15) is 0 Å². The zero-order valence-electron chi connectivity index (χ0n) is 12.6. The van der Waals surface area contributed by atoms with Crippen LogP contribution in [0.1, 0.15) is 52.0 Å². The Morgan fingerprint density at radius 2 is 1.68 bits per heavy atom. The summed E-state index contributed by atoms with van der Waals surface area (Å²) in [6.07, 6.45) is 5.90. The molecule has 0 aliphatic rings. The van der Waals surface area contributed by atoms with Crippen molar-refractivity contribution in [1.29, 1.82) is 0 Å². The van der Waals surface area contributed by atoms with Crippen molar-refractivity contribution in [3.8, 4) is 5.75 Å². The first-order valence-corrected chi connectivity index (χ1v) is 8.15. The standard InChI is InChI=1S/C17H28OS/c1-4-7-8-15-9-11-16(12-10-15)18-13-17(5-2,6-3)14-19/h9-12,19H,4-8,13-14H2,1-3H3. The molecule has 1 aromatic rings. The third-order valence-electron chi connectivity index (χ3n) is 4.12. The molecule has 0 bridgehead atoms. The van der Waals surface area contributed by atoms with Crippen LogP contribution in [0.5, 0.6) is 5.75 Å². The van der Waals surface area contributed by atoms with Crippen LogP contribution < -0.4 is 4.74 Å². The predicted molar refractivity (Wildman–Crippen MR) is 87.4 cm³/mol. The second-order valence-electron chi connectivity index (χ2n) is 5.40. The molecule has 0 N–H and O–H groups in total. The van der Waals surface area contributed by atoms with Crippen molar-refractivity contribution in [3.63, 3.8) is 0 Å². The summed E-state index contributed by atoms with van der Waals surface area (Å²) in [5.41, 5.74) is 1.62. The summed E-state index contributed by atoms with van der Waals surface area (Å²) < 4.78 is 5.95. The van der Waals surface area contributed by atoms with E-state index in [0.717, 1.165) is 31.0 Å². The monoisotopic (exact) mass is 280 g/mol. The Kier molecular flexibility index (Phi) is 7.37. The first-order chi connectivity index (χ1) is 9.19. The molecule has 0 radical (unpaired) electrons. The Morgan fingerprint density at radius 3 is 2.16 bits per heavy atom. The summed E-state index contributed by atoms with van der Waals surface area (Å²) in [4.78, 5) is 0. The molecule has 0 atom stereocenters. The predicted octanol–water partition coefficient (Wildman–Crippen LogP) is 5.14. The molecule has 0 amide bonds. The van der Waals surface area contributed by atoms with Gasteiger partial charge in [-0.2, -0.15) is 12.6 Å². The third kappa shape index (κ3) is 5.10. The lowest BCUT2D eigenvalue weighted by Gasteiger charge is -2.29. The highest BCUT2D eigenvalue weighted by Gasteiger charge is 2.25. The SMILES string of the molecule is CCCCc1ccc(OCC(CC)(CC)CS)cc1. The van der Waals surface area contributed by atoms with Crippen LogP contribution in [-0.4, -0.2) is 12.4 Å². The number of hydrogen-bond acceptors (Lipinski definition) is 2. The Morgan fingerprint density at radius 1 is 1.05 bits per heavy atom. The highest BCUT2D eigenvalue weighted by atomic mass is 32.1. The van der Waals surface area contributed by atoms with Crippen LogP contribution in [-0.2, 0) is 6.42 Å². The number of rotatable bonds is 9. The Hall–Kier alpha value is -0.630. The molecule has 0 saturated carbocycles. The third-order valence-corrected chi connectivity index (χ3v) is 4.79. The minimum Gasteiger partial charge on any atom is -0.493 e. The van der Waals surface area contributed by atoms with Gasteiger partial charge in [-0.15, -0.1) is 0 Å². The van der Waals surface area contributed by atoms with Crippen LogP contribution in [0.25, 0.3) is 0 Å². The maximum atomic E-state index is 5.95. The van der Waals surface area contributed by atoms with E-state index in [1.807, 2.05) is 0 Å². The first kappa shape index (κ1) is 16.4. The fourth-order valence-corrected chi connectivity index (χ4v) is 2.63. The lowest BCUT2D eigenvalue weighted by Crippen LogP contribution is -2.29. The highest BCUT2D eigenvalue weighted by Crippen LogP contribution is 2.29. The summed E-state index contributed by atoms with van der Waals surface area (Å²) in [5.74, 6) is 1.86.